The number of hydrogen-bond donors (Lipinski definition) is 0. The smallest absolute Gasteiger partial charge is 0.270 e. The standard InChI is InChI=1S/C11H9BrN2O2/c1-14-11(15)6-8(7-13-14)16-10-5-3-2-4-9(10)12/h2-7H,1H3. The minimum Gasteiger partial charge on any atom is -0.454 e. The fourth-order valence-electron chi connectivity index (χ4n) is 1.16. The summed E-state index contributed by atoms with van der Waals surface area (Å²) in [5.41, 5.74) is -0.204. The molecule has 0 aliphatic rings. The minimum absolute atomic E-state index is 0.204. The third kappa shape index (κ3) is 2.30. The van der Waals surface area contributed by atoms with Gasteiger partial charge < -0.3 is 4.74 Å². The molecule has 0 amide bonds. The van der Waals surface area contributed by atoms with Gasteiger partial charge in [0.1, 0.15) is 5.75 Å². The van der Waals surface area contributed by atoms with E-state index in [0.717, 1.165) is 4.47 Å². The first-order valence-electron chi connectivity index (χ1n) is 4.62. The van der Waals surface area contributed by atoms with Gasteiger partial charge in [-0.25, -0.2) is 4.68 Å². The maximum absolute atomic E-state index is 11.3. The van der Waals surface area contributed by atoms with E-state index in [-0.39, 0.29) is 5.56 Å². The van der Waals surface area contributed by atoms with E-state index in [1.807, 2.05) is 24.3 Å². The average Bonchev–Trinajstić information content (AvgIpc) is 2.27. The van der Waals surface area contributed by atoms with Crippen LogP contribution in [0.2, 0.25) is 0 Å². The van der Waals surface area contributed by atoms with E-state index in [4.69, 9.17) is 4.74 Å². The zero-order valence-electron chi connectivity index (χ0n) is 8.55. The Hall–Kier alpha value is -1.62. The number of rotatable bonds is 2. The molecule has 0 fully saturated rings. The summed E-state index contributed by atoms with van der Waals surface area (Å²) >= 11 is 3.36. The summed E-state index contributed by atoms with van der Waals surface area (Å²) < 4.78 is 7.59. The van der Waals surface area contributed by atoms with Gasteiger partial charge in [0.05, 0.1) is 10.7 Å². The Balaban J connectivity index is 2.31. The molecule has 0 saturated carbocycles. The Labute approximate surface area is 101 Å². The Morgan fingerprint density at radius 2 is 2.12 bits per heavy atom. The molecule has 0 N–H and O–H groups in total. The molecule has 0 atom stereocenters. The van der Waals surface area contributed by atoms with E-state index in [1.54, 1.807) is 7.05 Å². The van der Waals surface area contributed by atoms with Gasteiger partial charge >= 0.3 is 0 Å². The second kappa shape index (κ2) is 4.49. The van der Waals surface area contributed by atoms with E-state index < -0.39 is 0 Å². The van der Waals surface area contributed by atoms with E-state index in [1.165, 1.54) is 16.9 Å². The maximum Gasteiger partial charge on any atom is 0.270 e. The van der Waals surface area contributed by atoms with E-state index in [2.05, 4.69) is 21.0 Å². The van der Waals surface area contributed by atoms with Crippen LogP contribution < -0.4 is 10.3 Å². The SMILES string of the molecule is Cn1ncc(Oc2ccccc2Br)cc1=O. The third-order valence-electron chi connectivity index (χ3n) is 2.01. The Bertz CT molecular complexity index is 566. The van der Waals surface area contributed by atoms with Gasteiger partial charge in [0, 0.05) is 13.1 Å². The quantitative estimate of drug-likeness (QED) is 0.848. The fraction of sp³-hybridized carbons (Fsp3) is 0.0909. The molecule has 82 valence electrons. The van der Waals surface area contributed by atoms with Gasteiger partial charge in [0.2, 0.25) is 0 Å². The van der Waals surface area contributed by atoms with Gasteiger partial charge in [0.25, 0.3) is 5.56 Å². The summed E-state index contributed by atoms with van der Waals surface area (Å²) in [5, 5.41) is 3.87. The lowest BCUT2D eigenvalue weighted by atomic mass is 10.3. The van der Waals surface area contributed by atoms with Crippen LogP contribution in [-0.2, 0) is 7.05 Å². The van der Waals surface area contributed by atoms with Crippen LogP contribution in [0.3, 0.4) is 0 Å². The van der Waals surface area contributed by atoms with Crippen LogP contribution in [0.15, 0.2) is 45.8 Å². The number of aryl methyl sites for hydroxylation is 1. The fourth-order valence-corrected chi connectivity index (χ4v) is 1.53. The molecular weight excluding hydrogens is 272 g/mol. The molecule has 16 heavy (non-hydrogen) atoms. The predicted octanol–water partition coefficient (Wildman–Crippen LogP) is 2.34. The highest BCUT2D eigenvalue weighted by molar-refractivity contribution is 9.10. The summed E-state index contributed by atoms with van der Waals surface area (Å²) in [6.07, 6.45) is 1.50. The first kappa shape index (κ1) is 10.9. The number of halogens is 1. The van der Waals surface area contributed by atoms with Crippen LogP contribution in [0.25, 0.3) is 0 Å². The molecule has 5 heteroatoms. The van der Waals surface area contributed by atoms with Crippen molar-refractivity contribution in [2.75, 3.05) is 0 Å². The van der Waals surface area contributed by atoms with Gasteiger partial charge in [0.15, 0.2) is 5.75 Å². The summed E-state index contributed by atoms with van der Waals surface area (Å²) in [6.45, 7) is 0. The predicted molar refractivity (Wildman–Crippen MR) is 63.7 cm³/mol. The maximum atomic E-state index is 11.3. The molecule has 0 aliphatic carbocycles. The number of aromatic nitrogens is 2. The molecule has 0 bridgehead atoms. The normalized spacial score (nSPS) is 10.1. The van der Waals surface area contributed by atoms with Crippen molar-refractivity contribution in [2.45, 2.75) is 0 Å². The van der Waals surface area contributed by atoms with Crippen molar-refractivity contribution in [3.8, 4) is 11.5 Å². The average molecular weight is 281 g/mol. The Morgan fingerprint density at radius 3 is 2.81 bits per heavy atom. The summed E-state index contributed by atoms with van der Waals surface area (Å²) in [5.74, 6) is 1.08. The third-order valence-corrected chi connectivity index (χ3v) is 2.66. The van der Waals surface area contributed by atoms with Crippen LogP contribution in [0.4, 0.5) is 0 Å². The first-order valence-corrected chi connectivity index (χ1v) is 5.42. The zero-order chi connectivity index (χ0) is 11.5. The van der Waals surface area contributed by atoms with Crippen molar-refractivity contribution in [1.82, 2.24) is 9.78 Å². The molecule has 0 unspecified atom stereocenters. The monoisotopic (exact) mass is 280 g/mol. The van der Waals surface area contributed by atoms with Crippen LogP contribution in [-0.4, -0.2) is 9.78 Å². The molecule has 2 rings (SSSR count). The van der Waals surface area contributed by atoms with Gasteiger partial charge in [-0.05, 0) is 28.1 Å². The molecular formula is C11H9BrN2O2. The lowest BCUT2D eigenvalue weighted by molar-refractivity contribution is 0.470. The van der Waals surface area contributed by atoms with Crippen molar-refractivity contribution in [1.29, 1.82) is 0 Å². The molecule has 0 radical (unpaired) electrons. The molecule has 1 aromatic carbocycles. The molecule has 1 heterocycles. The Kier molecular flexibility index (Phi) is 3.05. The van der Waals surface area contributed by atoms with Crippen molar-refractivity contribution in [3.05, 3.63) is 51.4 Å². The van der Waals surface area contributed by atoms with Crippen LogP contribution in [0, 0.1) is 0 Å². The first-order chi connectivity index (χ1) is 7.66. The summed E-state index contributed by atoms with van der Waals surface area (Å²) in [7, 11) is 1.59. The van der Waals surface area contributed by atoms with Gasteiger partial charge in [-0.15, -0.1) is 0 Å². The van der Waals surface area contributed by atoms with E-state index in [0.29, 0.717) is 11.5 Å². The van der Waals surface area contributed by atoms with Crippen LogP contribution in [0.1, 0.15) is 0 Å². The van der Waals surface area contributed by atoms with Gasteiger partial charge in [-0.3, -0.25) is 4.79 Å². The van der Waals surface area contributed by atoms with Gasteiger partial charge in [-0.1, -0.05) is 12.1 Å². The number of nitrogens with zero attached hydrogens (tertiary/aromatic N) is 2. The zero-order valence-corrected chi connectivity index (χ0v) is 10.1. The second-order valence-corrected chi connectivity index (χ2v) is 4.04. The minimum atomic E-state index is -0.204. The van der Waals surface area contributed by atoms with Crippen LogP contribution >= 0.6 is 15.9 Å². The molecule has 0 spiro atoms. The summed E-state index contributed by atoms with van der Waals surface area (Å²) in [6, 6.07) is 8.81. The molecule has 1 aromatic heterocycles. The summed E-state index contributed by atoms with van der Waals surface area (Å²) in [4.78, 5) is 11.3. The van der Waals surface area contributed by atoms with E-state index in [9.17, 15) is 4.79 Å². The van der Waals surface area contributed by atoms with Crippen molar-refractivity contribution in [2.24, 2.45) is 7.05 Å². The number of para-hydroxylation sites is 1. The lowest BCUT2D eigenvalue weighted by Crippen LogP contribution is -2.17. The van der Waals surface area contributed by atoms with Crippen molar-refractivity contribution < 1.29 is 4.74 Å². The molecule has 0 saturated heterocycles. The number of benzene rings is 1. The molecule has 4 nitrogen and oxygen atoms in total. The Morgan fingerprint density at radius 1 is 1.38 bits per heavy atom. The second-order valence-electron chi connectivity index (χ2n) is 3.19. The number of ether oxygens (including phenoxy) is 1. The topological polar surface area (TPSA) is 44.1 Å². The highest BCUT2D eigenvalue weighted by Gasteiger charge is 2.03. The number of hydrogen-bond acceptors (Lipinski definition) is 3. The molecule has 2 aromatic rings. The molecule has 0 aliphatic heterocycles. The van der Waals surface area contributed by atoms with Crippen molar-refractivity contribution in [3.63, 3.8) is 0 Å². The van der Waals surface area contributed by atoms with Gasteiger partial charge in [-0.2, -0.15) is 5.10 Å². The van der Waals surface area contributed by atoms with E-state index >= 15 is 0 Å². The lowest BCUT2D eigenvalue weighted by Gasteiger charge is -2.06. The van der Waals surface area contributed by atoms with Crippen LogP contribution in [0.5, 0.6) is 11.5 Å². The highest BCUT2D eigenvalue weighted by atomic mass is 79.9. The van der Waals surface area contributed by atoms with Crippen molar-refractivity contribution >= 4 is 15.9 Å². The largest absolute Gasteiger partial charge is 0.454 e. The highest BCUT2D eigenvalue weighted by Crippen LogP contribution is 2.27.